The Bertz CT molecular complexity index is 873. The van der Waals surface area contributed by atoms with Crippen LogP contribution in [-0.4, -0.2) is 37.7 Å². The van der Waals surface area contributed by atoms with E-state index in [1.165, 1.54) is 11.3 Å². The molecule has 6 nitrogen and oxygen atoms in total. The molecule has 0 bridgehead atoms. The van der Waals surface area contributed by atoms with Gasteiger partial charge in [0.1, 0.15) is 17.6 Å². The minimum atomic E-state index is -0.0835. The predicted octanol–water partition coefficient (Wildman–Crippen LogP) is 3.78. The quantitative estimate of drug-likeness (QED) is 0.767. The van der Waals surface area contributed by atoms with E-state index in [2.05, 4.69) is 21.9 Å². The van der Waals surface area contributed by atoms with Crippen molar-refractivity contribution < 1.29 is 9.52 Å². The highest BCUT2D eigenvalue weighted by atomic mass is 32.1. The molecule has 7 heteroatoms. The molecule has 1 aliphatic heterocycles. The van der Waals surface area contributed by atoms with Crippen LogP contribution in [0.3, 0.4) is 0 Å². The van der Waals surface area contributed by atoms with E-state index in [9.17, 15) is 5.11 Å². The molecular formula is C18H24N4O2S. The molecule has 0 aliphatic carbocycles. The molecule has 4 heterocycles. The number of aromatic hydroxyl groups is 1. The lowest BCUT2D eigenvalue weighted by atomic mass is 9.97. The molecule has 1 atom stereocenters. The van der Waals surface area contributed by atoms with Gasteiger partial charge >= 0.3 is 0 Å². The Balaban J connectivity index is 1.77. The van der Waals surface area contributed by atoms with Crippen molar-refractivity contribution >= 4 is 16.3 Å². The summed E-state index contributed by atoms with van der Waals surface area (Å²) in [4.78, 5) is 8.52. The lowest BCUT2D eigenvalue weighted by molar-refractivity contribution is 0.143. The summed E-state index contributed by atoms with van der Waals surface area (Å²) in [5, 5.41) is 15.2. The minimum Gasteiger partial charge on any atom is -0.492 e. The summed E-state index contributed by atoms with van der Waals surface area (Å²) in [6.45, 7) is 8.27. The number of aromatic nitrogens is 3. The standard InChI is InChI=1S/C18H24N4O2S/c1-4-14-19-18-22(20-14)17(23)16(25-18)15(13-6-5-12(3)24-13)21-9-7-11(2)8-10-21/h5-6,11,15,23H,4,7-10H2,1-3H3. The summed E-state index contributed by atoms with van der Waals surface area (Å²) in [6, 6.07) is 3.92. The number of likely N-dealkylation sites (tertiary alicyclic amines) is 1. The summed E-state index contributed by atoms with van der Waals surface area (Å²) in [7, 11) is 0. The second-order valence-electron chi connectivity index (χ2n) is 6.94. The molecule has 0 spiro atoms. The largest absolute Gasteiger partial charge is 0.492 e. The highest BCUT2D eigenvalue weighted by Crippen LogP contribution is 2.41. The van der Waals surface area contributed by atoms with Crippen LogP contribution in [0.5, 0.6) is 5.88 Å². The number of furan rings is 1. The number of piperidine rings is 1. The molecule has 1 unspecified atom stereocenters. The molecular weight excluding hydrogens is 336 g/mol. The van der Waals surface area contributed by atoms with Crippen LogP contribution in [0, 0.1) is 12.8 Å². The fourth-order valence-electron chi connectivity index (χ4n) is 3.48. The third-order valence-electron chi connectivity index (χ3n) is 5.02. The van der Waals surface area contributed by atoms with E-state index in [1.807, 2.05) is 26.0 Å². The number of fused-ring (bicyclic) bond motifs is 1. The van der Waals surface area contributed by atoms with Crippen LogP contribution in [0.25, 0.3) is 4.96 Å². The fraction of sp³-hybridized carbons (Fsp3) is 0.556. The number of hydrogen-bond acceptors (Lipinski definition) is 6. The maximum atomic E-state index is 10.8. The van der Waals surface area contributed by atoms with Crippen molar-refractivity contribution in [3.63, 3.8) is 0 Å². The first-order valence-electron chi connectivity index (χ1n) is 8.94. The van der Waals surface area contributed by atoms with Gasteiger partial charge in [0.2, 0.25) is 10.8 Å². The first-order valence-corrected chi connectivity index (χ1v) is 9.76. The van der Waals surface area contributed by atoms with Gasteiger partial charge in [-0.15, -0.1) is 5.10 Å². The van der Waals surface area contributed by atoms with Crippen LogP contribution in [-0.2, 0) is 6.42 Å². The fourth-order valence-corrected chi connectivity index (χ4v) is 4.60. The van der Waals surface area contributed by atoms with E-state index < -0.39 is 0 Å². The van der Waals surface area contributed by atoms with E-state index in [0.717, 1.165) is 65.5 Å². The topological polar surface area (TPSA) is 66.8 Å². The van der Waals surface area contributed by atoms with Crippen molar-refractivity contribution in [3.05, 3.63) is 34.4 Å². The van der Waals surface area contributed by atoms with E-state index in [0.29, 0.717) is 0 Å². The highest BCUT2D eigenvalue weighted by Gasteiger charge is 2.33. The number of thiazole rings is 1. The molecule has 4 rings (SSSR count). The predicted molar refractivity (Wildman–Crippen MR) is 97.2 cm³/mol. The molecule has 134 valence electrons. The Kier molecular flexibility index (Phi) is 4.29. The zero-order valence-corrected chi connectivity index (χ0v) is 15.7. The molecule has 0 saturated carbocycles. The molecule has 1 saturated heterocycles. The first kappa shape index (κ1) is 16.6. The molecule has 1 N–H and O–H groups in total. The molecule has 25 heavy (non-hydrogen) atoms. The Hall–Kier alpha value is -1.86. The van der Waals surface area contributed by atoms with Crippen molar-refractivity contribution in [1.29, 1.82) is 0 Å². The van der Waals surface area contributed by atoms with Crippen molar-refractivity contribution in [2.75, 3.05) is 13.1 Å². The van der Waals surface area contributed by atoms with Crippen LogP contribution in [0.15, 0.2) is 16.5 Å². The lowest BCUT2D eigenvalue weighted by Gasteiger charge is -2.35. The van der Waals surface area contributed by atoms with Gasteiger partial charge in [0.05, 0.1) is 4.88 Å². The summed E-state index contributed by atoms with van der Waals surface area (Å²) in [5.74, 6) is 3.45. The molecule has 3 aromatic heterocycles. The zero-order valence-electron chi connectivity index (χ0n) is 14.9. The average molecular weight is 360 g/mol. The van der Waals surface area contributed by atoms with Crippen molar-refractivity contribution in [1.82, 2.24) is 19.5 Å². The zero-order chi connectivity index (χ0) is 17.6. The average Bonchev–Trinajstić information content (AvgIpc) is 3.28. The van der Waals surface area contributed by atoms with E-state index >= 15 is 0 Å². The first-order chi connectivity index (χ1) is 12.1. The molecule has 1 fully saturated rings. The Morgan fingerprint density at radius 1 is 1.36 bits per heavy atom. The number of nitrogens with zero attached hydrogens (tertiary/aromatic N) is 4. The third kappa shape index (κ3) is 2.95. The Morgan fingerprint density at radius 3 is 2.72 bits per heavy atom. The van der Waals surface area contributed by atoms with Gasteiger partial charge in [-0.25, -0.2) is 4.98 Å². The maximum absolute atomic E-state index is 10.8. The Morgan fingerprint density at radius 2 is 2.12 bits per heavy atom. The third-order valence-corrected chi connectivity index (χ3v) is 6.09. The van der Waals surface area contributed by atoms with Crippen LogP contribution in [0.1, 0.15) is 55.0 Å². The number of rotatable bonds is 4. The normalized spacial score (nSPS) is 18.2. The monoisotopic (exact) mass is 360 g/mol. The second-order valence-corrected chi connectivity index (χ2v) is 7.94. The van der Waals surface area contributed by atoms with Crippen LogP contribution in [0.2, 0.25) is 0 Å². The van der Waals surface area contributed by atoms with Crippen LogP contribution < -0.4 is 0 Å². The maximum Gasteiger partial charge on any atom is 0.230 e. The van der Waals surface area contributed by atoms with Gasteiger partial charge in [-0.1, -0.05) is 25.2 Å². The Labute approximate surface area is 151 Å². The van der Waals surface area contributed by atoms with Gasteiger partial charge in [-0.05, 0) is 50.9 Å². The molecule has 0 radical (unpaired) electrons. The smallest absolute Gasteiger partial charge is 0.230 e. The molecule has 1 aliphatic rings. The molecule has 0 amide bonds. The van der Waals surface area contributed by atoms with E-state index in [4.69, 9.17) is 4.42 Å². The van der Waals surface area contributed by atoms with Crippen LogP contribution in [0.4, 0.5) is 0 Å². The van der Waals surface area contributed by atoms with Gasteiger partial charge in [0.15, 0.2) is 5.82 Å². The minimum absolute atomic E-state index is 0.0835. The van der Waals surface area contributed by atoms with Gasteiger partial charge in [0, 0.05) is 6.42 Å². The van der Waals surface area contributed by atoms with E-state index in [1.54, 1.807) is 4.52 Å². The highest BCUT2D eigenvalue weighted by molar-refractivity contribution is 7.17. The summed E-state index contributed by atoms with van der Waals surface area (Å²) in [5.41, 5.74) is 0. The number of hydrogen-bond donors (Lipinski definition) is 1. The second kappa shape index (κ2) is 6.46. The van der Waals surface area contributed by atoms with Gasteiger partial charge in [0.25, 0.3) is 0 Å². The molecule has 3 aromatic rings. The summed E-state index contributed by atoms with van der Waals surface area (Å²) >= 11 is 1.50. The SMILES string of the molecule is CCc1nc2sc(C(c3ccc(C)o3)N3CCC(C)CC3)c(O)n2n1. The van der Waals surface area contributed by atoms with Crippen molar-refractivity contribution in [3.8, 4) is 5.88 Å². The number of aryl methyl sites for hydroxylation is 2. The van der Waals surface area contributed by atoms with Crippen molar-refractivity contribution in [2.24, 2.45) is 5.92 Å². The van der Waals surface area contributed by atoms with Gasteiger partial charge < -0.3 is 9.52 Å². The van der Waals surface area contributed by atoms with Crippen molar-refractivity contribution in [2.45, 2.75) is 46.1 Å². The summed E-state index contributed by atoms with van der Waals surface area (Å²) < 4.78 is 7.52. The van der Waals surface area contributed by atoms with Gasteiger partial charge in [-0.2, -0.15) is 4.52 Å². The van der Waals surface area contributed by atoms with E-state index in [-0.39, 0.29) is 11.9 Å². The lowest BCUT2D eigenvalue weighted by Crippen LogP contribution is -2.36. The van der Waals surface area contributed by atoms with Crippen LogP contribution >= 0.6 is 11.3 Å². The molecule has 0 aromatic carbocycles. The van der Waals surface area contributed by atoms with Gasteiger partial charge in [-0.3, -0.25) is 4.90 Å². The summed E-state index contributed by atoms with van der Waals surface area (Å²) in [6.07, 6.45) is 3.09.